The van der Waals surface area contributed by atoms with Crippen LogP contribution in [0.3, 0.4) is 0 Å². The predicted molar refractivity (Wildman–Crippen MR) is 160 cm³/mol. The first kappa shape index (κ1) is 23.3. The molecule has 0 amide bonds. The molecule has 0 heteroatoms. The van der Waals surface area contributed by atoms with Gasteiger partial charge in [-0.2, -0.15) is 0 Å². The van der Waals surface area contributed by atoms with Crippen molar-refractivity contribution >= 4 is 45.8 Å². The largest absolute Gasteiger partial charge is 0.0617 e. The second-order valence-corrected chi connectivity index (χ2v) is 9.32. The zero-order valence-electron chi connectivity index (χ0n) is 20.9. The lowest BCUT2D eigenvalue weighted by atomic mass is 10.0. The van der Waals surface area contributed by atoms with Gasteiger partial charge in [-0.3, -0.25) is 0 Å². The van der Waals surface area contributed by atoms with E-state index in [-0.39, 0.29) is 0 Å². The molecule has 0 aliphatic rings. The van der Waals surface area contributed by atoms with Crippen molar-refractivity contribution in [3.05, 3.63) is 155 Å². The van der Waals surface area contributed by atoms with Gasteiger partial charge in [-0.1, -0.05) is 145 Å². The van der Waals surface area contributed by atoms with Crippen molar-refractivity contribution < 1.29 is 0 Å². The quantitative estimate of drug-likeness (QED) is 0.220. The maximum absolute atomic E-state index is 2.23. The van der Waals surface area contributed by atoms with Gasteiger partial charge < -0.3 is 0 Å². The van der Waals surface area contributed by atoms with Gasteiger partial charge in [0, 0.05) is 0 Å². The van der Waals surface area contributed by atoms with Crippen LogP contribution in [-0.4, -0.2) is 0 Å². The molecular formula is C36H30. The van der Waals surface area contributed by atoms with Crippen molar-refractivity contribution in [1.29, 1.82) is 0 Å². The van der Waals surface area contributed by atoms with Crippen molar-refractivity contribution in [3.8, 4) is 0 Å². The van der Waals surface area contributed by atoms with Crippen molar-refractivity contribution in [2.75, 3.05) is 0 Å². The Labute approximate surface area is 214 Å². The van der Waals surface area contributed by atoms with Crippen molar-refractivity contribution in [2.45, 2.75) is 13.8 Å². The molecule has 0 bridgehead atoms. The second-order valence-electron chi connectivity index (χ2n) is 9.32. The van der Waals surface area contributed by atoms with E-state index in [0.717, 1.165) is 0 Å². The molecule has 0 fully saturated rings. The summed E-state index contributed by atoms with van der Waals surface area (Å²) in [7, 11) is 0. The molecule has 0 nitrogen and oxygen atoms in total. The molecule has 5 rings (SSSR count). The molecule has 0 aliphatic heterocycles. The van der Waals surface area contributed by atoms with E-state index in [4.69, 9.17) is 0 Å². The van der Waals surface area contributed by atoms with E-state index in [2.05, 4.69) is 160 Å². The first-order valence-corrected chi connectivity index (χ1v) is 12.4. The minimum Gasteiger partial charge on any atom is -0.0617 e. The minimum atomic E-state index is 1.19. The van der Waals surface area contributed by atoms with Crippen LogP contribution in [0.2, 0.25) is 0 Å². The highest BCUT2D eigenvalue weighted by Crippen LogP contribution is 2.20. The summed E-state index contributed by atoms with van der Waals surface area (Å²) in [5.41, 5.74) is 7.39. The number of benzene rings is 5. The summed E-state index contributed by atoms with van der Waals surface area (Å²) >= 11 is 0. The summed E-state index contributed by atoms with van der Waals surface area (Å²) in [5.74, 6) is 0. The zero-order valence-corrected chi connectivity index (χ0v) is 20.9. The summed E-state index contributed by atoms with van der Waals surface area (Å²) in [4.78, 5) is 0. The van der Waals surface area contributed by atoms with Crippen LogP contribution in [0.15, 0.2) is 121 Å². The molecule has 0 radical (unpaired) electrons. The third-order valence-corrected chi connectivity index (χ3v) is 6.35. The van der Waals surface area contributed by atoms with Gasteiger partial charge in [-0.05, 0) is 69.8 Å². The first-order valence-electron chi connectivity index (χ1n) is 12.4. The van der Waals surface area contributed by atoms with Gasteiger partial charge in [0.2, 0.25) is 0 Å². The third-order valence-electron chi connectivity index (χ3n) is 6.35. The van der Waals surface area contributed by atoms with Gasteiger partial charge in [-0.15, -0.1) is 0 Å². The summed E-state index contributed by atoms with van der Waals surface area (Å²) in [6.45, 7) is 4.26. The van der Waals surface area contributed by atoms with E-state index < -0.39 is 0 Å². The topological polar surface area (TPSA) is 0 Å². The fourth-order valence-electron chi connectivity index (χ4n) is 4.36. The Morgan fingerprint density at radius 3 is 1.06 bits per heavy atom. The van der Waals surface area contributed by atoms with E-state index in [0.29, 0.717) is 0 Å². The van der Waals surface area contributed by atoms with Crippen LogP contribution in [0.5, 0.6) is 0 Å². The zero-order chi connectivity index (χ0) is 24.7. The Kier molecular flexibility index (Phi) is 7.05. The highest BCUT2D eigenvalue weighted by molar-refractivity contribution is 5.86. The van der Waals surface area contributed by atoms with Gasteiger partial charge in [0.15, 0.2) is 0 Å². The van der Waals surface area contributed by atoms with Gasteiger partial charge in [-0.25, -0.2) is 0 Å². The monoisotopic (exact) mass is 462 g/mol. The molecule has 0 N–H and O–H groups in total. The Bertz CT molecular complexity index is 1500. The third kappa shape index (κ3) is 5.98. The Hall–Kier alpha value is -4.42. The highest BCUT2D eigenvalue weighted by Gasteiger charge is 1.96. The molecular weight excluding hydrogens is 432 g/mol. The Balaban J connectivity index is 1.17. The number of hydrogen-bond acceptors (Lipinski definition) is 0. The standard InChI is InChI=1S/C36H30/c1-27-11-19-35-25-31(17-21-33(35)23-27)9-5-3-7-29-13-15-30(16-14-29)8-4-6-10-32-18-22-34-24-28(2)12-20-36(34)26-32/h3-26H,1-2H3. The fraction of sp³-hybridized carbons (Fsp3) is 0.0556. The molecule has 174 valence electrons. The molecule has 0 saturated heterocycles. The van der Waals surface area contributed by atoms with Crippen LogP contribution in [0, 0.1) is 13.8 Å². The summed E-state index contributed by atoms with van der Waals surface area (Å²) < 4.78 is 0. The highest BCUT2D eigenvalue weighted by atomic mass is 14.0. The second kappa shape index (κ2) is 10.9. The van der Waals surface area contributed by atoms with Crippen LogP contribution >= 0.6 is 0 Å². The number of rotatable bonds is 6. The maximum atomic E-state index is 2.23. The smallest absolute Gasteiger partial charge is 0.0178 e. The molecule has 0 unspecified atom stereocenters. The number of aryl methyl sites for hydroxylation is 2. The van der Waals surface area contributed by atoms with Gasteiger partial charge >= 0.3 is 0 Å². The first-order chi connectivity index (χ1) is 17.6. The normalized spacial score (nSPS) is 12.3. The van der Waals surface area contributed by atoms with E-state index in [1.165, 1.54) is 54.9 Å². The van der Waals surface area contributed by atoms with Crippen LogP contribution < -0.4 is 0 Å². The van der Waals surface area contributed by atoms with Crippen molar-refractivity contribution in [1.82, 2.24) is 0 Å². The molecule has 0 heterocycles. The van der Waals surface area contributed by atoms with E-state index in [1.54, 1.807) is 0 Å². The van der Waals surface area contributed by atoms with E-state index >= 15 is 0 Å². The predicted octanol–water partition coefficient (Wildman–Crippen LogP) is 10.1. The molecule has 0 spiro atoms. The lowest BCUT2D eigenvalue weighted by Crippen LogP contribution is -1.77. The van der Waals surface area contributed by atoms with Crippen LogP contribution in [0.25, 0.3) is 45.8 Å². The molecule has 5 aromatic carbocycles. The summed E-state index contributed by atoms with van der Waals surface area (Å²) in [6.07, 6.45) is 17.0. The minimum absolute atomic E-state index is 1.19. The molecule has 36 heavy (non-hydrogen) atoms. The Morgan fingerprint density at radius 2 is 0.639 bits per heavy atom. The van der Waals surface area contributed by atoms with Crippen molar-refractivity contribution in [3.63, 3.8) is 0 Å². The van der Waals surface area contributed by atoms with E-state index in [1.807, 2.05) is 0 Å². The van der Waals surface area contributed by atoms with Crippen LogP contribution in [-0.2, 0) is 0 Å². The van der Waals surface area contributed by atoms with Gasteiger partial charge in [0.05, 0.1) is 0 Å². The molecule has 0 saturated carbocycles. The molecule has 0 aromatic heterocycles. The van der Waals surface area contributed by atoms with Crippen LogP contribution in [0.1, 0.15) is 33.4 Å². The lowest BCUT2D eigenvalue weighted by Gasteiger charge is -2.01. The number of hydrogen-bond donors (Lipinski definition) is 0. The Morgan fingerprint density at radius 1 is 0.333 bits per heavy atom. The SMILES string of the molecule is Cc1ccc2cc(C=CC=Cc3ccc(C=CC=Cc4ccc5cc(C)ccc5c4)cc3)ccc2c1. The summed E-state index contributed by atoms with van der Waals surface area (Å²) in [6, 6.07) is 34.9. The summed E-state index contributed by atoms with van der Waals surface area (Å²) in [5, 5.41) is 5.13. The van der Waals surface area contributed by atoms with Gasteiger partial charge in [0.1, 0.15) is 0 Å². The number of allylic oxidation sites excluding steroid dienone is 4. The maximum Gasteiger partial charge on any atom is -0.0178 e. The molecule has 0 atom stereocenters. The lowest BCUT2D eigenvalue weighted by molar-refractivity contribution is 1.50. The fourth-order valence-corrected chi connectivity index (χ4v) is 4.36. The van der Waals surface area contributed by atoms with Crippen molar-refractivity contribution in [2.24, 2.45) is 0 Å². The van der Waals surface area contributed by atoms with Gasteiger partial charge in [0.25, 0.3) is 0 Å². The average molecular weight is 463 g/mol. The molecule has 0 aliphatic carbocycles. The number of fused-ring (bicyclic) bond motifs is 2. The molecule has 5 aromatic rings. The van der Waals surface area contributed by atoms with E-state index in [9.17, 15) is 0 Å². The average Bonchev–Trinajstić information content (AvgIpc) is 2.90. The van der Waals surface area contributed by atoms with Crippen LogP contribution in [0.4, 0.5) is 0 Å².